The SMILES string of the molecule is CNc1cc(C)nc(CSc2ccc([N+](=O)[O-])cc2)n1. The highest BCUT2D eigenvalue weighted by Gasteiger charge is 2.06. The van der Waals surface area contributed by atoms with E-state index in [1.807, 2.05) is 20.0 Å². The van der Waals surface area contributed by atoms with Gasteiger partial charge in [-0.2, -0.15) is 0 Å². The Morgan fingerprint density at radius 2 is 2.00 bits per heavy atom. The fourth-order valence-electron chi connectivity index (χ4n) is 1.63. The van der Waals surface area contributed by atoms with Crippen LogP contribution in [-0.4, -0.2) is 21.9 Å². The molecule has 0 aliphatic rings. The predicted octanol–water partition coefficient (Wildman–Crippen LogP) is 3.03. The van der Waals surface area contributed by atoms with E-state index in [0.717, 1.165) is 22.2 Å². The number of aromatic nitrogens is 2. The second kappa shape index (κ2) is 6.33. The molecule has 104 valence electrons. The second-order valence-electron chi connectivity index (χ2n) is 4.10. The Labute approximate surface area is 120 Å². The first kappa shape index (κ1) is 14.3. The maximum absolute atomic E-state index is 10.6. The molecule has 1 heterocycles. The van der Waals surface area contributed by atoms with Crippen LogP contribution in [0.3, 0.4) is 0 Å². The van der Waals surface area contributed by atoms with Crippen molar-refractivity contribution in [3.05, 3.63) is 52.0 Å². The fraction of sp³-hybridized carbons (Fsp3) is 0.231. The number of rotatable bonds is 5. The summed E-state index contributed by atoms with van der Waals surface area (Å²) in [5.74, 6) is 2.14. The molecule has 0 atom stereocenters. The molecular weight excluding hydrogens is 276 g/mol. The molecule has 0 fully saturated rings. The van der Waals surface area contributed by atoms with Crippen molar-refractivity contribution < 1.29 is 4.92 Å². The summed E-state index contributed by atoms with van der Waals surface area (Å²) >= 11 is 1.55. The van der Waals surface area contributed by atoms with Gasteiger partial charge < -0.3 is 5.32 Å². The molecule has 1 N–H and O–H groups in total. The Bertz CT molecular complexity index is 616. The summed E-state index contributed by atoms with van der Waals surface area (Å²) in [5, 5.41) is 13.6. The van der Waals surface area contributed by atoms with Gasteiger partial charge >= 0.3 is 0 Å². The molecule has 0 saturated carbocycles. The summed E-state index contributed by atoms with van der Waals surface area (Å²) in [5.41, 5.74) is 1.00. The van der Waals surface area contributed by atoms with Crippen molar-refractivity contribution >= 4 is 23.3 Å². The average molecular weight is 290 g/mol. The van der Waals surface area contributed by atoms with E-state index in [9.17, 15) is 10.1 Å². The average Bonchev–Trinajstić information content (AvgIpc) is 2.45. The maximum Gasteiger partial charge on any atom is 0.269 e. The third-order valence-corrected chi connectivity index (χ3v) is 3.58. The largest absolute Gasteiger partial charge is 0.373 e. The van der Waals surface area contributed by atoms with Crippen LogP contribution in [0.15, 0.2) is 35.2 Å². The molecule has 0 aliphatic carbocycles. The van der Waals surface area contributed by atoms with Gasteiger partial charge in [0.15, 0.2) is 0 Å². The summed E-state index contributed by atoms with van der Waals surface area (Å²) in [6, 6.07) is 8.34. The minimum Gasteiger partial charge on any atom is -0.373 e. The molecule has 6 nitrogen and oxygen atoms in total. The topological polar surface area (TPSA) is 81.0 Å². The van der Waals surface area contributed by atoms with Crippen LogP contribution in [0.25, 0.3) is 0 Å². The lowest BCUT2D eigenvalue weighted by molar-refractivity contribution is -0.384. The quantitative estimate of drug-likeness (QED) is 0.518. The second-order valence-corrected chi connectivity index (χ2v) is 5.15. The molecule has 0 aliphatic heterocycles. The lowest BCUT2D eigenvalue weighted by atomic mass is 10.3. The summed E-state index contributed by atoms with van der Waals surface area (Å²) in [6.45, 7) is 1.92. The van der Waals surface area contributed by atoms with Crippen LogP contribution < -0.4 is 5.32 Å². The van der Waals surface area contributed by atoms with Gasteiger partial charge in [-0.05, 0) is 19.1 Å². The number of nitro benzene ring substituents is 1. The zero-order valence-electron chi connectivity index (χ0n) is 11.2. The first-order chi connectivity index (χ1) is 9.58. The Morgan fingerprint density at radius 3 is 2.60 bits per heavy atom. The fourth-order valence-corrected chi connectivity index (χ4v) is 2.39. The van der Waals surface area contributed by atoms with Crippen molar-refractivity contribution in [2.24, 2.45) is 0 Å². The van der Waals surface area contributed by atoms with Gasteiger partial charge in [0.1, 0.15) is 11.6 Å². The molecule has 1 aromatic carbocycles. The van der Waals surface area contributed by atoms with Crippen LogP contribution in [0, 0.1) is 17.0 Å². The van der Waals surface area contributed by atoms with Crippen molar-refractivity contribution in [3.63, 3.8) is 0 Å². The van der Waals surface area contributed by atoms with E-state index in [0.29, 0.717) is 5.75 Å². The van der Waals surface area contributed by atoms with Gasteiger partial charge in [0.2, 0.25) is 0 Å². The highest BCUT2D eigenvalue weighted by Crippen LogP contribution is 2.24. The van der Waals surface area contributed by atoms with Gasteiger partial charge in [0, 0.05) is 35.8 Å². The monoisotopic (exact) mass is 290 g/mol. The highest BCUT2D eigenvalue weighted by molar-refractivity contribution is 7.98. The standard InChI is InChI=1S/C13H14N4O2S/c1-9-7-12(14-2)16-13(15-9)8-20-11-5-3-10(4-6-11)17(18)19/h3-7H,8H2,1-2H3,(H,14,15,16). The van der Waals surface area contributed by atoms with E-state index in [2.05, 4.69) is 15.3 Å². The Morgan fingerprint density at radius 1 is 1.30 bits per heavy atom. The molecule has 1 aromatic heterocycles. The zero-order valence-corrected chi connectivity index (χ0v) is 12.0. The van der Waals surface area contributed by atoms with E-state index < -0.39 is 4.92 Å². The Balaban J connectivity index is 2.04. The van der Waals surface area contributed by atoms with E-state index in [1.165, 1.54) is 12.1 Å². The van der Waals surface area contributed by atoms with Gasteiger partial charge in [0.05, 0.1) is 10.7 Å². The minimum absolute atomic E-state index is 0.0959. The molecule has 7 heteroatoms. The number of nitro groups is 1. The van der Waals surface area contributed by atoms with Gasteiger partial charge in [-0.25, -0.2) is 9.97 Å². The summed E-state index contributed by atoms with van der Waals surface area (Å²) in [6.07, 6.45) is 0. The highest BCUT2D eigenvalue weighted by atomic mass is 32.2. The summed E-state index contributed by atoms with van der Waals surface area (Å²) < 4.78 is 0. The van der Waals surface area contributed by atoms with Crippen LogP contribution >= 0.6 is 11.8 Å². The number of thioether (sulfide) groups is 1. The predicted molar refractivity (Wildman–Crippen MR) is 79.0 cm³/mol. The summed E-state index contributed by atoms with van der Waals surface area (Å²) in [7, 11) is 1.81. The molecule has 2 rings (SSSR count). The lowest BCUT2D eigenvalue weighted by Gasteiger charge is -2.05. The van der Waals surface area contributed by atoms with Crippen LogP contribution in [0.5, 0.6) is 0 Å². The van der Waals surface area contributed by atoms with Crippen LogP contribution in [0.2, 0.25) is 0 Å². The smallest absolute Gasteiger partial charge is 0.269 e. The first-order valence-corrected chi connectivity index (χ1v) is 6.96. The molecule has 0 radical (unpaired) electrons. The molecule has 2 aromatic rings. The third kappa shape index (κ3) is 3.67. The maximum atomic E-state index is 10.6. The number of nitrogens with one attached hydrogen (secondary N) is 1. The summed E-state index contributed by atoms with van der Waals surface area (Å²) in [4.78, 5) is 19.8. The zero-order chi connectivity index (χ0) is 14.5. The van der Waals surface area contributed by atoms with Gasteiger partial charge in [-0.3, -0.25) is 10.1 Å². The molecular formula is C13H14N4O2S. The number of benzene rings is 1. The molecule has 0 spiro atoms. The number of non-ortho nitro benzene ring substituents is 1. The third-order valence-electron chi connectivity index (χ3n) is 2.57. The van der Waals surface area contributed by atoms with Crippen molar-refractivity contribution in [2.75, 3.05) is 12.4 Å². The van der Waals surface area contributed by atoms with Crippen LogP contribution in [-0.2, 0) is 5.75 Å². The molecule has 20 heavy (non-hydrogen) atoms. The molecule has 0 unspecified atom stereocenters. The van der Waals surface area contributed by atoms with E-state index in [1.54, 1.807) is 23.9 Å². The van der Waals surface area contributed by atoms with Crippen LogP contribution in [0.1, 0.15) is 11.5 Å². The number of hydrogen-bond acceptors (Lipinski definition) is 6. The molecule has 0 amide bonds. The minimum atomic E-state index is -0.405. The van der Waals surface area contributed by atoms with Crippen molar-refractivity contribution in [1.29, 1.82) is 0 Å². The van der Waals surface area contributed by atoms with Crippen molar-refractivity contribution in [1.82, 2.24) is 9.97 Å². The number of aryl methyl sites for hydroxylation is 1. The van der Waals surface area contributed by atoms with E-state index in [-0.39, 0.29) is 5.69 Å². The van der Waals surface area contributed by atoms with Crippen LogP contribution in [0.4, 0.5) is 11.5 Å². The van der Waals surface area contributed by atoms with Crippen molar-refractivity contribution in [3.8, 4) is 0 Å². The van der Waals surface area contributed by atoms with Gasteiger partial charge in [-0.15, -0.1) is 11.8 Å². The first-order valence-electron chi connectivity index (χ1n) is 5.98. The van der Waals surface area contributed by atoms with E-state index in [4.69, 9.17) is 0 Å². The normalized spacial score (nSPS) is 10.3. The lowest BCUT2D eigenvalue weighted by Crippen LogP contribution is -2.00. The van der Waals surface area contributed by atoms with Crippen molar-refractivity contribution in [2.45, 2.75) is 17.6 Å². The van der Waals surface area contributed by atoms with Gasteiger partial charge in [0.25, 0.3) is 5.69 Å². The number of nitrogens with zero attached hydrogens (tertiary/aromatic N) is 3. The van der Waals surface area contributed by atoms with E-state index >= 15 is 0 Å². The number of anilines is 1. The van der Waals surface area contributed by atoms with Gasteiger partial charge in [-0.1, -0.05) is 0 Å². The molecule has 0 bridgehead atoms. The number of hydrogen-bond donors (Lipinski definition) is 1. The molecule has 0 saturated heterocycles. The Hall–Kier alpha value is -2.15. The Kier molecular flexibility index (Phi) is 4.52.